The highest BCUT2D eigenvalue weighted by molar-refractivity contribution is 5.85. The van der Waals surface area contributed by atoms with Crippen molar-refractivity contribution in [1.29, 1.82) is 0 Å². The molecule has 0 aliphatic heterocycles. The van der Waals surface area contributed by atoms with Gasteiger partial charge in [0.1, 0.15) is 5.54 Å². The van der Waals surface area contributed by atoms with E-state index in [1.807, 2.05) is 0 Å². The molecule has 0 aromatic carbocycles. The van der Waals surface area contributed by atoms with Crippen molar-refractivity contribution in [3.8, 4) is 0 Å². The summed E-state index contributed by atoms with van der Waals surface area (Å²) in [6.45, 7) is 0. The van der Waals surface area contributed by atoms with E-state index in [9.17, 15) is 13.6 Å². The Morgan fingerprint density at radius 1 is 1.54 bits per heavy atom. The topological polar surface area (TPSA) is 63.3 Å². The second-order valence-corrected chi connectivity index (χ2v) is 3.62. The highest BCUT2D eigenvalue weighted by atomic mass is 35.5. The average molecular weight is 214 g/mol. The van der Waals surface area contributed by atoms with Gasteiger partial charge in [0, 0.05) is 6.42 Å². The largest absolute Gasteiger partial charge is 0.480 e. The van der Waals surface area contributed by atoms with Gasteiger partial charge in [-0.15, -0.1) is 12.4 Å². The fourth-order valence-corrected chi connectivity index (χ4v) is 2.33. The molecule has 2 saturated carbocycles. The first kappa shape index (κ1) is 10.7. The lowest BCUT2D eigenvalue weighted by Crippen LogP contribution is -2.42. The number of aliphatic carboxylic acids is 1. The lowest BCUT2D eigenvalue weighted by Gasteiger charge is -2.16. The molecule has 3 nitrogen and oxygen atoms in total. The summed E-state index contributed by atoms with van der Waals surface area (Å²) in [5, 5.41) is 8.59. The first-order valence-electron chi connectivity index (χ1n) is 3.81. The van der Waals surface area contributed by atoms with Crippen LogP contribution in [0.25, 0.3) is 0 Å². The fraction of sp³-hybridized carbons (Fsp3) is 0.857. The Kier molecular flexibility index (Phi) is 2.08. The van der Waals surface area contributed by atoms with E-state index >= 15 is 0 Å². The van der Waals surface area contributed by atoms with Crippen molar-refractivity contribution in [2.24, 2.45) is 17.6 Å². The van der Waals surface area contributed by atoms with Crippen LogP contribution < -0.4 is 5.73 Å². The van der Waals surface area contributed by atoms with E-state index in [0.717, 1.165) is 0 Å². The Bertz CT molecular complexity index is 261. The van der Waals surface area contributed by atoms with Crippen molar-refractivity contribution in [3.63, 3.8) is 0 Å². The molecule has 13 heavy (non-hydrogen) atoms. The number of hydrogen-bond acceptors (Lipinski definition) is 2. The summed E-state index contributed by atoms with van der Waals surface area (Å²) in [4.78, 5) is 10.5. The quantitative estimate of drug-likeness (QED) is 0.679. The third-order valence-corrected chi connectivity index (χ3v) is 3.04. The lowest BCUT2D eigenvalue weighted by atomic mass is 10.0. The van der Waals surface area contributed by atoms with Crippen LogP contribution in [0.1, 0.15) is 12.8 Å². The highest BCUT2D eigenvalue weighted by Gasteiger charge is 2.79. The first-order chi connectivity index (χ1) is 5.40. The van der Waals surface area contributed by atoms with E-state index in [1.54, 1.807) is 0 Å². The second-order valence-electron chi connectivity index (χ2n) is 3.62. The van der Waals surface area contributed by atoms with E-state index in [2.05, 4.69) is 0 Å². The monoisotopic (exact) mass is 213 g/mol. The minimum Gasteiger partial charge on any atom is -0.480 e. The summed E-state index contributed by atoms with van der Waals surface area (Å²) in [6, 6.07) is 0. The zero-order valence-electron chi connectivity index (χ0n) is 6.67. The van der Waals surface area contributed by atoms with E-state index < -0.39 is 29.3 Å². The standard InChI is InChI=1S/C7H9F2NO2.ClH/c8-6(9)2-1-3-4(6)7(3,10)5(11)12;/h3-4H,1-2,10H2,(H,11,12);1H. The van der Waals surface area contributed by atoms with Gasteiger partial charge >= 0.3 is 5.97 Å². The molecule has 2 rings (SSSR count). The van der Waals surface area contributed by atoms with Crippen LogP contribution in [0.2, 0.25) is 0 Å². The maximum atomic E-state index is 12.9. The van der Waals surface area contributed by atoms with Gasteiger partial charge in [-0.2, -0.15) is 0 Å². The number of hydrogen-bond donors (Lipinski definition) is 2. The molecule has 3 N–H and O–H groups in total. The van der Waals surface area contributed by atoms with E-state index in [-0.39, 0.29) is 25.2 Å². The SMILES string of the molecule is Cl.NC1(C(=O)O)C2CCC(F)(F)C21. The van der Waals surface area contributed by atoms with Crippen LogP contribution in [-0.4, -0.2) is 22.5 Å². The van der Waals surface area contributed by atoms with E-state index in [1.165, 1.54) is 0 Å². The van der Waals surface area contributed by atoms with Gasteiger partial charge in [-0.05, 0) is 12.3 Å². The number of fused-ring (bicyclic) bond motifs is 1. The number of carboxylic acid groups (broad SMARTS) is 1. The summed E-state index contributed by atoms with van der Waals surface area (Å²) in [6.07, 6.45) is 0.0228. The highest BCUT2D eigenvalue weighted by Crippen LogP contribution is 2.65. The third-order valence-electron chi connectivity index (χ3n) is 3.04. The molecule has 0 saturated heterocycles. The summed E-state index contributed by atoms with van der Waals surface area (Å²) >= 11 is 0. The van der Waals surface area contributed by atoms with Crippen LogP contribution in [-0.2, 0) is 4.79 Å². The van der Waals surface area contributed by atoms with Gasteiger partial charge in [0.15, 0.2) is 0 Å². The van der Waals surface area contributed by atoms with Crippen LogP contribution >= 0.6 is 12.4 Å². The minimum absolute atomic E-state index is 0. The van der Waals surface area contributed by atoms with Gasteiger partial charge in [-0.1, -0.05) is 0 Å². The Labute approximate surface area is 79.7 Å². The first-order valence-corrected chi connectivity index (χ1v) is 3.81. The Morgan fingerprint density at radius 3 is 2.31 bits per heavy atom. The molecule has 3 unspecified atom stereocenters. The molecule has 2 fully saturated rings. The summed E-state index contributed by atoms with van der Waals surface area (Å²) in [7, 11) is 0. The molecule has 0 spiro atoms. The van der Waals surface area contributed by atoms with Crippen LogP contribution in [0, 0.1) is 11.8 Å². The molecule has 0 radical (unpaired) electrons. The zero-order chi connectivity index (χ0) is 9.15. The van der Waals surface area contributed by atoms with Gasteiger partial charge in [0.25, 0.3) is 5.92 Å². The molecule has 6 heteroatoms. The van der Waals surface area contributed by atoms with Crippen LogP contribution in [0.3, 0.4) is 0 Å². The van der Waals surface area contributed by atoms with Gasteiger partial charge in [-0.25, -0.2) is 8.78 Å². The predicted molar refractivity (Wildman–Crippen MR) is 43.0 cm³/mol. The molecule has 0 aromatic rings. The predicted octanol–water partition coefficient (Wildman–Crippen LogP) is 0.865. The number of alkyl halides is 2. The number of nitrogens with two attached hydrogens (primary N) is 1. The van der Waals surface area contributed by atoms with Crippen molar-refractivity contribution in [2.45, 2.75) is 24.3 Å². The number of halogens is 3. The van der Waals surface area contributed by atoms with Crippen LogP contribution in [0.15, 0.2) is 0 Å². The lowest BCUT2D eigenvalue weighted by molar-refractivity contribution is -0.143. The van der Waals surface area contributed by atoms with Crippen molar-refractivity contribution in [3.05, 3.63) is 0 Å². The maximum absolute atomic E-state index is 12.9. The summed E-state index contributed by atoms with van der Waals surface area (Å²) in [5.74, 6) is -5.79. The second kappa shape index (κ2) is 2.54. The summed E-state index contributed by atoms with van der Waals surface area (Å²) < 4.78 is 25.8. The molecule has 76 valence electrons. The molecule has 3 atom stereocenters. The molecular formula is C7H10ClF2NO2. The molecule has 2 aliphatic carbocycles. The Morgan fingerprint density at radius 2 is 2.08 bits per heavy atom. The van der Waals surface area contributed by atoms with Crippen molar-refractivity contribution >= 4 is 18.4 Å². The normalized spacial score (nSPS) is 44.8. The fourth-order valence-electron chi connectivity index (χ4n) is 2.33. The third kappa shape index (κ3) is 1.07. The Hall–Kier alpha value is -0.420. The minimum atomic E-state index is -2.86. The van der Waals surface area contributed by atoms with Gasteiger partial charge in [0.2, 0.25) is 0 Å². The zero-order valence-corrected chi connectivity index (χ0v) is 7.48. The Balaban J connectivity index is 0.000000845. The van der Waals surface area contributed by atoms with E-state index in [4.69, 9.17) is 10.8 Å². The van der Waals surface area contributed by atoms with Crippen LogP contribution in [0.5, 0.6) is 0 Å². The molecule has 0 bridgehead atoms. The van der Waals surface area contributed by atoms with Gasteiger partial charge < -0.3 is 10.8 Å². The number of rotatable bonds is 1. The molecule has 0 aromatic heterocycles. The molecular weight excluding hydrogens is 204 g/mol. The van der Waals surface area contributed by atoms with Gasteiger partial charge in [-0.3, -0.25) is 4.79 Å². The maximum Gasteiger partial charge on any atom is 0.324 e. The van der Waals surface area contributed by atoms with E-state index in [0.29, 0.717) is 0 Å². The molecule has 0 amide bonds. The van der Waals surface area contributed by atoms with Crippen molar-refractivity contribution < 1.29 is 18.7 Å². The summed E-state index contributed by atoms with van der Waals surface area (Å²) in [5.41, 5.74) is 3.70. The van der Waals surface area contributed by atoms with Crippen molar-refractivity contribution in [2.75, 3.05) is 0 Å². The van der Waals surface area contributed by atoms with Crippen molar-refractivity contribution in [1.82, 2.24) is 0 Å². The van der Waals surface area contributed by atoms with Crippen LogP contribution in [0.4, 0.5) is 8.78 Å². The smallest absolute Gasteiger partial charge is 0.324 e. The number of carbonyl (C=O) groups is 1. The van der Waals surface area contributed by atoms with Gasteiger partial charge in [0.05, 0.1) is 5.92 Å². The average Bonchev–Trinajstić information content (AvgIpc) is 2.41. The molecule has 0 heterocycles. The number of carboxylic acids is 1. The molecule has 2 aliphatic rings.